The number of carboxylic acid groups (broad SMARTS) is 1. The van der Waals surface area contributed by atoms with E-state index >= 15 is 0 Å². The van der Waals surface area contributed by atoms with Gasteiger partial charge in [-0.2, -0.15) is 0 Å². The molecule has 0 amide bonds. The van der Waals surface area contributed by atoms with Crippen LogP contribution in [0.1, 0.15) is 46.5 Å². The molecule has 11 nitrogen and oxygen atoms in total. The number of cyclic esters (lactones) is 1. The Kier molecular flexibility index (Phi) is 6.30. The van der Waals surface area contributed by atoms with Crippen molar-refractivity contribution in [2.24, 2.45) is 22.7 Å². The van der Waals surface area contributed by atoms with Crippen molar-refractivity contribution < 1.29 is 48.4 Å². The number of allylic oxidation sites excluding steroid dienone is 1. The fourth-order valence-electron chi connectivity index (χ4n) is 7.52. The van der Waals surface area contributed by atoms with Gasteiger partial charge in [-0.05, 0) is 37.2 Å². The summed E-state index contributed by atoms with van der Waals surface area (Å²) >= 11 is 0. The van der Waals surface area contributed by atoms with Gasteiger partial charge in [0, 0.05) is 37.0 Å². The molecule has 5 rings (SSSR count). The molecule has 0 radical (unpaired) electrons. The van der Waals surface area contributed by atoms with Crippen molar-refractivity contribution in [3.8, 4) is 0 Å². The van der Waals surface area contributed by atoms with Crippen LogP contribution < -0.4 is 0 Å². The third-order valence-corrected chi connectivity index (χ3v) is 9.42. The number of aliphatic carboxylic acids is 1. The molecule has 3 aliphatic carbocycles. The maximum absolute atomic E-state index is 14.0. The first-order valence-corrected chi connectivity index (χ1v) is 12.9. The molecule has 5 aliphatic rings. The van der Waals surface area contributed by atoms with Crippen molar-refractivity contribution in [3.63, 3.8) is 0 Å². The highest BCUT2D eigenvalue weighted by molar-refractivity contribution is 6.47. The highest BCUT2D eigenvalue weighted by atomic mass is 16.5. The van der Waals surface area contributed by atoms with Gasteiger partial charge in [-0.15, -0.1) is 0 Å². The summed E-state index contributed by atoms with van der Waals surface area (Å²) in [5, 5.41) is 20.5. The molecule has 0 spiro atoms. The van der Waals surface area contributed by atoms with Crippen LogP contribution in [-0.2, 0) is 38.2 Å². The number of hydrogen-bond acceptors (Lipinski definition) is 10. The summed E-state index contributed by atoms with van der Waals surface area (Å²) in [5.74, 6) is -5.67. The number of rotatable bonds is 5. The number of aliphatic hydroxyl groups excluding tert-OH is 1. The first-order valence-electron chi connectivity index (χ1n) is 12.9. The van der Waals surface area contributed by atoms with E-state index in [4.69, 9.17) is 14.2 Å². The van der Waals surface area contributed by atoms with Crippen molar-refractivity contribution in [2.45, 2.75) is 64.7 Å². The van der Waals surface area contributed by atoms with Crippen molar-refractivity contribution in [2.75, 3.05) is 26.9 Å². The van der Waals surface area contributed by atoms with Gasteiger partial charge in [0.05, 0.1) is 29.9 Å². The molecule has 11 heteroatoms. The summed E-state index contributed by atoms with van der Waals surface area (Å²) in [6, 6.07) is -0.901. The van der Waals surface area contributed by atoms with Gasteiger partial charge < -0.3 is 29.3 Å². The average molecular weight is 532 g/mol. The Balaban J connectivity index is 1.73. The highest BCUT2D eigenvalue weighted by Gasteiger charge is 2.65. The van der Waals surface area contributed by atoms with Crippen LogP contribution >= 0.6 is 0 Å². The normalized spacial score (nSPS) is 39.6. The summed E-state index contributed by atoms with van der Waals surface area (Å²) in [5.41, 5.74) is -1.16. The van der Waals surface area contributed by atoms with Gasteiger partial charge in [0.2, 0.25) is 11.6 Å². The van der Waals surface area contributed by atoms with Crippen LogP contribution in [0.4, 0.5) is 0 Å². The number of carboxylic acids is 1. The number of Topliss-reactive ketones (excluding diaryl/α,β-unsaturated/α-hetero) is 2. The molecule has 0 aromatic rings. The minimum Gasteiger partial charge on any atom is -0.480 e. The topological polar surface area (TPSA) is 157 Å². The zero-order valence-corrected chi connectivity index (χ0v) is 21.9. The largest absolute Gasteiger partial charge is 0.480 e. The number of hydrogen-bond donors (Lipinski definition) is 2. The molecular formula is C27H33NO10. The summed E-state index contributed by atoms with van der Waals surface area (Å²) in [7, 11) is 1.39. The monoisotopic (exact) mass is 531 g/mol. The number of ketones is 2. The van der Waals surface area contributed by atoms with Gasteiger partial charge in [-0.25, -0.2) is 9.59 Å². The molecule has 206 valence electrons. The smallest absolute Gasteiger partial charge is 0.336 e. The van der Waals surface area contributed by atoms with E-state index in [1.807, 2.05) is 6.92 Å². The minimum atomic E-state index is -1.26. The number of aliphatic hydroxyl groups is 1. The van der Waals surface area contributed by atoms with E-state index in [9.17, 15) is 34.2 Å². The highest BCUT2D eigenvalue weighted by Crippen LogP contribution is 2.62. The number of ether oxygens (including phenoxy) is 3. The Labute approximate surface area is 219 Å². The molecule has 1 saturated carbocycles. The van der Waals surface area contributed by atoms with E-state index in [-0.39, 0.29) is 36.5 Å². The maximum atomic E-state index is 14.0. The second kappa shape index (κ2) is 9.01. The summed E-state index contributed by atoms with van der Waals surface area (Å²) in [6.07, 6.45) is -0.0934. The zero-order chi connectivity index (χ0) is 27.7. The van der Waals surface area contributed by atoms with Crippen LogP contribution in [0.3, 0.4) is 0 Å². The summed E-state index contributed by atoms with van der Waals surface area (Å²) < 4.78 is 16.7. The number of nitrogens with zero attached hydrogens (tertiary/aromatic N) is 1. The molecule has 2 aliphatic heterocycles. The second-order valence-corrected chi connectivity index (χ2v) is 11.5. The SMILES string of the molecule is COCC(=C1C(=O)OCC2(C)C3=C(C(=O)C(=O)C12)C1CCC(O)C1(C)CC3OC(C)=O)N1CCC1C(=O)O. The zero-order valence-electron chi connectivity index (χ0n) is 21.9. The first-order chi connectivity index (χ1) is 17.9. The van der Waals surface area contributed by atoms with Crippen LogP contribution in [0.2, 0.25) is 0 Å². The van der Waals surface area contributed by atoms with Crippen LogP contribution in [0.25, 0.3) is 0 Å². The molecule has 2 heterocycles. The quantitative estimate of drug-likeness (QED) is 0.294. The molecular weight excluding hydrogens is 498 g/mol. The predicted molar refractivity (Wildman–Crippen MR) is 128 cm³/mol. The van der Waals surface area contributed by atoms with Crippen molar-refractivity contribution >= 4 is 29.5 Å². The minimum absolute atomic E-state index is 0.0854. The molecule has 0 aromatic carbocycles. The summed E-state index contributed by atoms with van der Waals surface area (Å²) in [4.78, 5) is 66.6. The maximum Gasteiger partial charge on any atom is 0.336 e. The van der Waals surface area contributed by atoms with Crippen LogP contribution in [0.15, 0.2) is 22.4 Å². The Morgan fingerprint density at radius 3 is 2.45 bits per heavy atom. The molecule has 7 atom stereocenters. The van der Waals surface area contributed by atoms with Gasteiger partial charge in [0.25, 0.3) is 0 Å². The van der Waals surface area contributed by atoms with Crippen LogP contribution in [0.5, 0.6) is 0 Å². The standard InChI is InChI=1S/C27H33NO10/c1-12(29)38-16-9-26(2)13(5-6-17(26)30)18-20(16)27(3)11-37-25(35)19(21(27)23(32)22(18)31)15(10-36-4)28-8-7-14(28)24(33)34/h13-14,16-17,21,30H,5-11H2,1-4H3,(H,33,34). The van der Waals surface area contributed by atoms with Gasteiger partial charge in [0.15, 0.2) is 0 Å². The Morgan fingerprint density at radius 1 is 1.16 bits per heavy atom. The third kappa shape index (κ3) is 3.58. The van der Waals surface area contributed by atoms with E-state index in [1.54, 1.807) is 6.92 Å². The van der Waals surface area contributed by atoms with Crippen molar-refractivity contribution in [1.29, 1.82) is 0 Å². The average Bonchev–Trinajstić information content (AvgIpc) is 3.10. The Bertz CT molecular complexity index is 1200. The Hall–Kier alpha value is -3.05. The molecule has 0 bridgehead atoms. The number of carbonyl (C=O) groups is 5. The lowest BCUT2D eigenvalue weighted by Gasteiger charge is -2.54. The lowest BCUT2D eigenvalue weighted by Crippen LogP contribution is -2.60. The third-order valence-electron chi connectivity index (χ3n) is 9.42. The van der Waals surface area contributed by atoms with Gasteiger partial charge >= 0.3 is 17.9 Å². The molecule has 38 heavy (non-hydrogen) atoms. The predicted octanol–water partition coefficient (Wildman–Crippen LogP) is 0.786. The van der Waals surface area contributed by atoms with Crippen LogP contribution in [-0.4, -0.2) is 89.7 Å². The van der Waals surface area contributed by atoms with E-state index < -0.39 is 70.4 Å². The van der Waals surface area contributed by atoms with E-state index in [0.29, 0.717) is 31.4 Å². The molecule has 2 saturated heterocycles. The molecule has 3 fully saturated rings. The van der Waals surface area contributed by atoms with Gasteiger partial charge in [-0.3, -0.25) is 14.4 Å². The van der Waals surface area contributed by atoms with E-state index in [2.05, 4.69) is 0 Å². The molecule has 2 N–H and O–H groups in total. The van der Waals surface area contributed by atoms with E-state index in [1.165, 1.54) is 18.9 Å². The Morgan fingerprint density at radius 2 is 1.87 bits per heavy atom. The molecule has 0 aromatic heterocycles. The number of likely N-dealkylation sites (tertiary alicyclic amines) is 1. The van der Waals surface area contributed by atoms with Crippen molar-refractivity contribution in [1.82, 2.24) is 4.90 Å². The lowest BCUT2D eigenvalue weighted by atomic mass is 9.51. The number of fused-ring (bicyclic) bond motifs is 4. The summed E-state index contributed by atoms with van der Waals surface area (Å²) in [6.45, 7) is 4.79. The fraction of sp³-hybridized carbons (Fsp3) is 0.667. The number of esters is 2. The van der Waals surface area contributed by atoms with Gasteiger partial charge in [-0.1, -0.05) is 13.8 Å². The number of methoxy groups -OCH3 is 1. The fourth-order valence-corrected chi connectivity index (χ4v) is 7.52. The van der Waals surface area contributed by atoms with E-state index in [0.717, 1.165) is 0 Å². The first kappa shape index (κ1) is 26.6. The molecule has 7 unspecified atom stereocenters. The van der Waals surface area contributed by atoms with Crippen LogP contribution in [0, 0.1) is 22.7 Å². The lowest BCUT2D eigenvalue weighted by molar-refractivity contribution is -0.161. The van der Waals surface area contributed by atoms with Crippen molar-refractivity contribution in [3.05, 3.63) is 22.4 Å². The van der Waals surface area contributed by atoms with Gasteiger partial charge in [0.1, 0.15) is 18.8 Å². The second-order valence-electron chi connectivity index (χ2n) is 11.5. The number of carbonyl (C=O) groups excluding carboxylic acids is 4.